The van der Waals surface area contributed by atoms with Crippen LogP contribution in [0.15, 0.2) is 60.7 Å². The van der Waals surface area contributed by atoms with Crippen LogP contribution in [0.1, 0.15) is 17.0 Å². The molecule has 0 fully saturated rings. The van der Waals surface area contributed by atoms with Gasteiger partial charge in [0.2, 0.25) is 0 Å². The Hall–Kier alpha value is -3.86. The molecule has 1 heterocycles. The summed E-state index contributed by atoms with van der Waals surface area (Å²) >= 11 is 12.7. The minimum atomic E-state index is -0.467. The van der Waals surface area contributed by atoms with Gasteiger partial charge in [-0.2, -0.15) is 5.26 Å². The number of hydrogen-bond donors (Lipinski definition) is 1. The van der Waals surface area contributed by atoms with E-state index in [2.05, 4.69) is 16.0 Å². The molecular weight excluding hydrogens is 451 g/mol. The average Bonchev–Trinajstić information content (AvgIpc) is 3.21. The number of ether oxygens (including phenoxy) is 1. The highest BCUT2D eigenvalue weighted by atomic mass is 35.5. The van der Waals surface area contributed by atoms with Gasteiger partial charge in [-0.05, 0) is 53.6 Å². The van der Waals surface area contributed by atoms with Crippen molar-refractivity contribution in [2.24, 2.45) is 0 Å². The standard InChI is InChI=1S/C23H14Cl2N4O3/c24-18-10-15(9-16(12-26)23-27-20-3-1-2-4-21(20)28-23)11-19(25)22(18)32-13-14-5-7-17(8-6-14)29(30)31/h1-11H,13H2,(H,27,28)/b16-9+. The first-order valence-electron chi connectivity index (χ1n) is 9.36. The maximum Gasteiger partial charge on any atom is 0.269 e. The molecule has 0 saturated heterocycles. The molecule has 4 rings (SSSR count). The van der Waals surface area contributed by atoms with Gasteiger partial charge in [-0.1, -0.05) is 35.3 Å². The zero-order valence-electron chi connectivity index (χ0n) is 16.4. The zero-order chi connectivity index (χ0) is 22.7. The molecule has 4 aromatic rings. The summed E-state index contributed by atoms with van der Waals surface area (Å²) in [6.07, 6.45) is 1.63. The Balaban J connectivity index is 1.56. The first-order chi connectivity index (χ1) is 15.4. The number of allylic oxidation sites excluding steroid dienone is 1. The van der Waals surface area contributed by atoms with Crippen molar-refractivity contribution >= 4 is 51.6 Å². The number of nitrogens with zero attached hydrogens (tertiary/aromatic N) is 3. The molecule has 32 heavy (non-hydrogen) atoms. The van der Waals surface area contributed by atoms with Crippen molar-refractivity contribution in [2.75, 3.05) is 0 Å². The fourth-order valence-corrected chi connectivity index (χ4v) is 3.68. The summed E-state index contributed by atoms with van der Waals surface area (Å²) in [5, 5.41) is 20.9. The number of rotatable bonds is 6. The van der Waals surface area contributed by atoms with E-state index in [1.165, 1.54) is 12.1 Å². The summed E-state index contributed by atoms with van der Waals surface area (Å²) in [7, 11) is 0. The molecule has 7 nitrogen and oxygen atoms in total. The van der Waals surface area contributed by atoms with Crippen LogP contribution in [-0.4, -0.2) is 14.9 Å². The number of nitro benzene ring substituents is 1. The molecule has 3 aromatic carbocycles. The van der Waals surface area contributed by atoms with Gasteiger partial charge >= 0.3 is 0 Å². The van der Waals surface area contributed by atoms with Crippen molar-refractivity contribution in [3.05, 3.63) is 97.8 Å². The molecule has 0 aliphatic carbocycles. The number of aromatic amines is 1. The Bertz CT molecular complexity index is 1330. The lowest BCUT2D eigenvalue weighted by atomic mass is 10.1. The number of nitro groups is 1. The van der Waals surface area contributed by atoms with Crippen molar-refractivity contribution < 1.29 is 9.66 Å². The number of imidazole rings is 1. The molecule has 158 valence electrons. The number of non-ortho nitro benzene ring substituents is 1. The Morgan fingerprint density at radius 3 is 2.47 bits per heavy atom. The Morgan fingerprint density at radius 2 is 1.84 bits per heavy atom. The molecule has 0 radical (unpaired) electrons. The van der Waals surface area contributed by atoms with E-state index in [4.69, 9.17) is 27.9 Å². The van der Waals surface area contributed by atoms with E-state index in [1.807, 2.05) is 24.3 Å². The number of benzene rings is 3. The van der Waals surface area contributed by atoms with Gasteiger partial charge in [0.15, 0.2) is 5.75 Å². The van der Waals surface area contributed by atoms with Crippen LogP contribution < -0.4 is 4.74 Å². The summed E-state index contributed by atoms with van der Waals surface area (Å²) in [6, 6.07) is 18.9. The molecular formula is C23H14Cl2N4O3. The third-order valence-electron chi connectivity index (χ3n) is 4.63. The Labute approximate surface area is 192 Å². The van der Waals surface area contributed by atoms with Crippen LogP contribution in [0, 0.1) is 21.4 Å². The predicted molar refractivity (Wildman–Crippen MR) is 123 cm³/mol. The number of para-hydroxylation sites is 2. The number of fused-ring (bicyclic) bond motifs is 1. The minimum absolute atomic E-state index is 0.00120. The lowest BCUT2D eigenvalue weighted by molar-refractivity contribution is -0.384. The fourth-order valence-electron chi connectivity index (χ4n) is 3.07. The van der Waals surface area contributed by atoms with E-state index in [9.17, 15) is 15.4 Å². The second-order valence-corrected chi connectivity index (χ2v) is 7.61. The molecule has 0 unspecified atom stereocenters. The number of nitriles is 1. The van der Waals surface area contributed by atoms with Gasteiger partial charge in [0.05, 0.1) is 31.6 Å². The highest BCUT2D eigenvalue weighted by molar-refractivity contribution is 6.37. The second-order valence-electron chi connectivity index (χ2n) is 6.80. The van der Waals surface area contributed by atoms with Crippen LogP contribution >= 0.6 is 23.2 Å². The predicted octanol–water partition coefficient (Wildman–Crippen LogP) is 6.42. The maximum atomic E-state index is 10.8. The van der Waals surface area contributed by atoms with Crippen LogP contribution in [-0.2, 0) is 6.61 Å². The molecule has 0 atom stereocenters. The van der Waals surface area contributed by atoms with Gasteiger partial charge in [-0.15, -0.1) is 0 Å². The highest BCUT2D eigenvalue weighted by Crippen LogP contribution is 2.36. The van der Waals surface area contributed by atoms with E-state index in [1.54, 1.807) is 30.3 Å². The van der Waals surface area contributed by atoms with Gasteiger partial charge < -0.3 is 9.72 Å². The molecule has 0 bridgehead atoms. The summed E-state index contributed by atoms with van der Waals surface area (Å²) in [5.41, 5.74) is 3.25. The second kappa shape index (κ2) is 9.10. The molecule has 0 spiro atoms. The lowest BCUT2D eigenvalue weighted by Crippen LogP contribution is -1.97. The number of nitrogens with one attached hydrogen (secondary N) is 1. The quantitative estimate of drug-likeness (QED) is 0.201. The molecule has 1 N–H and O–H groups in total. The van der Waals surface area contributed by atoms with Gasteiger partial charge in [0, 0.05) is 12.1 Å². The summed E-state index contributed by atoms with van der Waals surface area (Å²) < 4.78 is 5.73. The molecule has 9 heteroatoms. The van der Waals surface area contributed by atoms with Crippen LogP contribution in [0.2, 0.25) is 10.0 Å². The summed E-state index contributed by atoms with van der Waals surface area (Å²) in [6.45, 7) is 0.134. The molecule has 0 saturated carbocycles. The van der Waals surface area contributed by atoms with Crippen molar-refractivity contribution in [2.45, 2.75) is 6.61 Å². The van der Waals surface area contributed by atoms with E-state index >= 15 is 0 Å². The smallest absolute Gasteiger partial charge is 0.269 e. The van der Waals surface area contributed by atoms with E-state index in [-0.39, 0.29) is 28.1 Å². The van der Waals surface area contributed by atoms with Crippen molar-refractivity contribution in [3.8, 4) is 11.8 Å². The van der Waals surface area contributed by atoms with Crippen LogP contribution in [0.5, 0.6) is 5.75 Å². The number of hydrogen-bond acceptors (Lipinski definition) is 5. The van der Waals surface area contributed by atoms with Crippen LogP contribution in [0.25, 0.3) is 22.7 Å². The summed E-state index contributed by atoms with van der Waals surface area (Å²) in [5.74, 6) is 0.727. The molecule has 0 amide bonds. The van der Waals surface area contributed by atoms with Gasteiger partial charge in [0.1, 0.15) is 18.5 Å². The largest absolute Gasteiger partial charge is 0.486 e. The SMILES string of the molecule is N#C/C(=C\c1cc(Cl)c(OCc2ccc([N+](=O)[O-])cc2)c(Cl)c1)c1nc2ccccc2[nH]1. The Kier molecular flexibility index (Phi) is 6.08. The Morgan fingerprint density at radius 1 is 1.16 bits per heavy atom. The van der Waals surface area contributed by atoms with Gasteiger partial charge in [-0.3, -0.25) is 10.1 Å². The first kappa shape index (κ1) is 21.4. The number of halogens is 2. The fraction of sp³-hybridized carbons (Fsp3) is 0.0435. The molecule has 0 aliphatic heterocycles. The third-order valence-corrected chi connectivity index (χ3v) is 5.19. The first-order valence-corrected chi connectivity index (χ1v) is 10.1. The van der Waals surface area contributed by atoms with Crippen molar-refractivity contribution in [1.29, 1.82) is 5.26 Å². The monoisotopic (exact) mass is 464 g/mol. The van der Waals surface area contributed by atoms with Gasteiger partial charge in [-0.25, -0.2) is 4.98 Å². The maximum absolute atomic E-state index is 10.8. The van der Waals surface area contributed by atoms with Crippen molar-refractivity contribution in [1.82, 2.24) is 9.97 Å². The number of H-pyrrole nitrogens is 1. The normalized spacial score (nSPS) is 11.3. The zero-order valence-corrected chi connectivity index (χ0v) is 17.9. The minimum Gasteiger partial charge on any atom is -0.486 e. The number of aromatic nitrogens is 2. The van der Waals surface area contributed by atoms with Crippen LogP contribution in [0.4, 0.5) is 5.69 Å². The highest BCUT2D eigenvalue weighted by Gasteiger charge is 2.13. The van der Waals surface area contributed by atoms with Crippen molar-refractivity contribution in [3.63, 3.8) is 0 Å². The molecule has 1 aromatic heterocycles. The van der Waals surface area contributed by atoms with Gasteiger partial charge in [0.25, 0.3) is 5.69 Å². The van der Waals surface area contributed by atoms with E-state index in [0.717, 1.165) is 16.6 Å². The van der Waals surface area contributed by atoms with Crippen LogP contribution in [0.3, 0.4) is 0 Å². The molecule has 0 aliphatic rings. The third kappa shape index (κ3) is 4.57. The van der Waals surface area contributed by atoms with E-state index in [0.29, 0.717) is 17.0 Å². The summed E-state index contributed by atoms with van der Waals surface area (Å²) in [4.78, 5) is 17.9. The lowest BCUT2D eigenvalue weighted by Gasteiger charge is -2.11. The topological polar surface area (TPSA) is 105 Å². The average molecular weight is 465 g/mol. The van der Waals surface area contributed by atoms with E-state index < -0.39 is 4.92 Å².